The Morgan fingerprint density at radius 3 is 2.01 bits per heavy atom. The van der Waals surface area contributed by atoms with E-state index in [4.69, 9.17) is 4.42 Å². The van der Waals surface area contributed by atoms with E-state index in [0.717, 1.165) is 34.0 Å². The maximum Gasteiger partial charge on any atom is 0.252 e. The first-order valence-corrected chi connectivity index (χ1v) is 27.1. The molecule has 0 bridgehead atoms. The summed E-state index contributed by atoms with van der Waals surface area (Å²) >= 11 is 1.90. The molecule has 0 spiro atoms. The molecule has 3 aliphatic heterocycles. The summed E-state index contributed by atoms with van der Waals surface area (Å²) in [5.74, 6) is 0. The Hall–Kier alpha value is -7.54. The summed E-state index contributed by atoms with van der Waals surface area (Å²) in [6.07, 6.45) is 4.78. The smallest absolute Gasteiger partial charge is 0.252 e. The van der Waals surface area contributed by atoms with Gasteiger partial charge < -0.3 is 19.1 Å². The molecule has 73 heavy (non-hydrogen) atoms. The lowest BCUT2D eigenvalue weighted by Gasteiger charge is -2.50. The molecule has 1 fully saturated rings. The van der Waals surface area contributed by atoms with E-state index in [9.17, 15) is 0 Å². The minimum absolute atomic E-state index is 0.00455. The van der Waals surface area contributed by atoms with Crippen molar-refractivity contribution in [3.05, 3.63) is 199 Å². The largest absolute Gasteiger partial charge is 0.454 e. The molecule has 9 aromatic carbocycles. The van der Waals surface area contributed by atoms with Gasteiger partial charge >= 0.3 is 0 Å². The molecule has 0 amide bonds. The van der Waals surface area contributed by atoms with Crippen molar-refractivity contribution in [2.75, 3.05) is 14.7 Å². The van der Waals surface area contributed by atoms with E-state index in [0.29, 0.717) is 0 Å². The molecule has 354 valence electrons. The van der Waals surface area contributed by atoms with Crippen LogP contribution in [-0.4, -0.2) is 12.3 Å². The Labute approximate surface area is 432 Å². The average molecular weight is 962 g/mol. The lowest BCUT2D eigenvalue weighted by atomic mass is 9.33. The van der Waals surface area contributed by atoms with Gasteiger partial charge in [0.15, 0.2) is 5.58 Å². The third-order valence-corrected chi connectivity index (χ3v) is 19.0. The summed E-state index contributed by atoms with van der Waals surface area (Å²) in [5.41, 5.74) is 21.8. The number of anilines is 8. The molecule has 4 nitrogen and oxygen atoms in total. The molecule has 15 rings (SSSR count). The van der Waals surface area contributed by atoms with Gasteiger partial charge in [-0.15, -0.1) is 11.3 Å². The Bertz CT molecular complexity index is 4130. The summed E-state index contributed by atoms with van der Waals surface area (Å²) in [5, 5.41) is 4.85. The lowest BCUT2D eigenvalue weighted by molar-refractivity contribution is 0.195. The van der Waals surface area contributed by atoms with Gasteiger partial charge in [-0.1, -0.05) is 162 Å². The lowest BCUT2D eigenvalue weighted by Crippen LogP contribution is -2.61. The Balaban J connectivity index is 1.03. The monoisotopic (exact) mass is 961 g/mol. The van der Waals surface area contributed by atoms with Gasteiger partial charge in [-0.2, -0.15) is 0 Å². The molecule has 2 aromatic heterocycles. The average Bonchev–Trinajstić information content (AvgIpc) is 4.05. The number of para-hydroxylation sites is 2. The zero-order valence-electron chi connectivity index (χ0n) is 42.4. The highest BCUT2D eigenvalue weighted by atomic mass is 32.1. The number of rotatable bonds is 4. The van der Waals surface area contributed by atoms with Crippen molar-refractivity contribution >= 4 is 122 Å². The summed E-state index contributed by atoms with van der Waals surface area (Å²) < 4.78 is 9.62. The van der Waals surface area contributed by atoms with Crippen LogP contribution in [0.5, 0.6) is 0 Å². The minimum Gasteiger partial charge on any atom is -0.454 e. The summed E-state index contributed by atoms with van der Waals surface area (Å²) in [7, 11) is 0. The van der Waals surface area contributed by atoms with Crippen LogP contribution in [0.2, 0.25) is 0 Å². The fraction of sp³-hybridized carbons (Fsp3) is 0.194. The molecule has 11 aromatic rings. The Morgan fingerprint density at radius 1 is 0.534 bits per heavy atom. The first-order chi connectivity index (χ1) is 35.5. The van der Waals surface area contributed by atoms with E-state index < -0.39 is 0 Å². The molecule has 0 saturated heterocycles. The fourth-order valence-corrected chi connectivity index (χ4v) is 15.2. The quantitative estimate of drug-likeness (QED) is 0.164. The van der Waals surface area contributed by atoms with Gasteiger partial charge in [0.2, 0.25) is 0 Å². The normalized spacial score (nSPS) is 18.9. The number of furan rings is 1. The molecular weight excluding hydrogens is 906 g/mol. The van der Waals surface area contributed by atoms with Gasteiger partial charge in [0.1, 0.15) is 5.58 Å². The van der Waals surface area contributed by atoms with Crippen LogP contribution in [0.15, 0.2) is 186 Å². The highest BCUT2D eigenvalue weighted by molar-refractivity contribution is 7.26. The third-order valence-electron chi connectivity index (χ3n) is 17.8. The van der Waals surface area contributed by atoms with Crippen LogP contribution in [0.25, 0.3) is 53.2 Å². The molecule has 1 aliphatic carbocycles. The van der Waals surface area contributed by atoms with Gasteiger partial charge in [0.25, 0.3) is 6.71 Å². The van der Waals surface area contributed by atoms with E-state index in [1.807, 2.05) is 11.3 Å². The molecule has 5 heterocycles. The number of thiophene rings is 1. The predicted octanol–water partition coefficient (Wildman–Crippen LogP) is 17.1. The number of hydrogen-bond donors (Lipinski definition) is 0. The highest BCUT2D eigenvalue weighted by Gasteiger charge is 2.58. The predicted molar refractivity (Wildman–Crippen MR) is 312 cm³/mol. The first-order valence-electron chi connectivity index (χ1n) is 26.3. The molecule has 6 heteroatoms. The van der Waals surface area contributed by atoms with Crippen molar-refractivity contribution < 1.29 is 4.42 Å². The zero-order chi connectivity index (χ0) is 49.1. The molecule has 2 unspecified atom stereocenters. The molecule has 1 saturated carbocycles. The number of nitrogens with zero attached hydrogens (tertiary/aromatic N) is 3. The highest BCUT2D eigenvalue weighted by Crippen LogP contribution is 2.62. The van der Waals surface area contributed by atoms with Crippen LogP contribution >= 0.6 is 11.3 Å². The summed E-state index contributed by atoms with van der Waals surface area (Å²) in [6, 6.07) is 69.1. The Morgan fingerprint density at radius 2 is 1.21 bits per heavy atom. The van der Waals surface area contributed by atoms with Gasteiger partial charge in [-0.05, 0) is 137 Å². The van der Waals surface area contributed by atoms with Crippen LogP contribution in [0.3, 0.4) is 0 Å². The SMILES string of the molecule is Cc1cc2c3c(c1)N(c1cccc4c1sc1ccccc14)c1cc(-c4ccccc4)ccc1B3c1ccc(N3c4ccc(C(C)(C)C)cc4C4(C)CCCCC34C)cc1N2c1cccc2c1oc1ccccc12. The van der Waals surface area contributed by atoms with Gasteiger partial charge in [0, 0.05) is 65.8 Å². The van der Waals surface area contributed by atoms with E-state index in [1.165, 1.54) is 123 Å². The molecule has 0 radical (unpaired) electrons. The second-order valence-corrected chi connectivity index (χ2v) is 23.9. The van der Waals surface area contributed by atoms with E-state index in [-0.39, 0.29) is 23.1 Å². The van der Waals surface area contributed by atoms with Crippen molar-refractivity contribution in [3.63, 3.8) is 0 Å². The van der Waals surface area contributed by atoms with Gasteiger partial charge in [-0.3, -0.25) is 0 Å². The Kier molecular flexibility index (Phi) is 9.00. The van der Waals surface area contributed by atoms with Crippen LogP contribution in [0.4, 0.5) is 45.5 Å². The second kappa shape index (κ2) is 15.3. The van der Waals surface area contributed by atoms with E-state index in [2.05, 4.69) is 238 Å². The maximum absolute atomic E-state index is 7.03. The number of benzene rings is 9. The number of aryl methyl sites for hydroxylation is 1. The maximum atomic E-state index is 7.03. The summed E-state index contributed by atoms with van der Waals surface area (Å²) in [6.45, 7) is 14.4. The third kappa shape index (κ3) is 5.96. The van der Waals surface area contributed by atoms with Crippen LogP contribution in [0, 0.1) is 6.92 Å². The van der Waals surface area contributed by atoms with Crippen molar-refractivity contribution in [1.82, 2.24) is 0 Å². The molecule has 4 aliphatic rings. The number of fused-ring (bicyclic) bond motifs is 13. The van der Waals surface area contributed by atoms with Crippen molar-refractivity contribution in [2.45, 2.75) is 83.6 Å². The molecular formula is C67H56BN3OS. The second-order valence-electron chi connectivity index (χ2n) is 22.8. The molecule has 2 atom stereocenters. The first kappa shape index (κ1) is 43.1. The fourth-order valence-electron chi connectivity index (χ4n) is 14.0. The summed E-state index contributed by atoms with van der Waals surface area (Å²) in [4.78, 5) is 7.95. The van der Waals surface area contributed by atoms with Crippen molar-refractivity contribution in [1.29, 1.82) is 0 Å². The van der Waals surface area contributed by atoms with Crippen LogP contribution in [0.1, 0.15) is 77.0 Å². The standard InChI is InChI=1S/C67H56BN3OS/c1-41-36-58-62-59(37-41)70(55-25-17-23-49-47-21-11-13-27-61(47)73-64(49)55)56-38-43(42-18-8-7-9-19-42)28-31-51(56)68(62)52-32-30-45(40-57(52)69(58)54-24-16-22-48-46-20-10-12-26-60(46)72-63(48)54)71-53-33-29-44(65(2,3)4)39-50(53)66(5)34-14-15-35-67(66,71)6/h7-13,16-33,36-40H,14-15,34-35H2,1-6H3. The van der Waals surface area contributed by atoms with Gasteiger partial charge in [0.05, 0.1) is 21.6 Å². The molecule has 0 N–H and O–H groups in total. The van der Waals surface area contributed by atoms with Crippen molar-refractivity contribution in [3.8, 4) is 11.1 Å². The van der Waals surface area contributed by atoms with E-state index in [1.54, 1.807) is 0 Å². The van der Waals surface area contributed by atoms with Crippen LogP contribution in [-0.2, 0) is 10.8 Å². The topological polar surface area (TPSA) is 22.9 Å². The van der Waals surface area contributed by atoms with E-state index >= 15 is 0 Å². The minimum atomic E-state index is -0.113. The van der Waals surface area contributed by atoms with Crippen LogP contribution < -0.4 is 31.1 Å². The van der Waals surface area contributed by atoms with Crippen molar-refractivity contribution in [2.24, 2.45) is 0 Å². The number of hydrogen-bond acceptors (Lipinski definition) is 5. The zero-order valence-corrected chi connectivity index (χ0v) is 43.2. The van der Waals surface area contributed by atoms with Gasteiger partial charge in [-0.25, -0.2) is 0 Å².